The molecule has 3 N–H and O–H groups in total. The zero-order valence-electron chi connectivity index (χ0n) is 10.1. The molecule has 3 atom stereocenters. The number of hydrogen-bond acceptors (Lipinski definition) is 5. The molecule has 0 aliphatic carbocycles. The number of hydrogen-bond donors (Lipinski definition) is 2. The lowest BCUT2D eigenvalue weighted by atomic mass is 10.1. The zero-order valence-corrected chi connectivity index (χ0v) is 10.1. The molecule has 94 valence electrons. The van der Waals surface area contributed by atoms with Crippen LogP contribution in [0.15, 0.2) is 0 Å². The number of aromatic nitrogens is 3. The minimum atomic E-state index is 0.256. The van der Waals surface area contributed by atoms with Crippen LogP contribution in [0.1, 0.15) is 31.5 Å². The largest absolute Gasteiger partial charge is 0.378 e. The van der Waals surface area contributed by atoms with E-state index in [-0.39, 0.29) is 6.04 Å². The molecule has 3 heterocycles. The van der Waals surface area contributed by atoms with Crippen LogP contribution in [0.25, 0.3) is 0 Å². The molecule has 2 aliphatic heterocycles. The van der Waals surface area contributed by atoms with Crippen molar-refractivity contribution in [3.8, 4) is 0 Å². The summed E-state index contributed by atoms with van der Waals surface area (Å²) < 4.78 is 5.55. The average molecular weight is 237 g/mol. The summed E-state index contributed by atoms with van der Waals surface area (Å²) in [7, 11) is 0. The zero-order chi connectivity index (χ0) is 11.8. The van der Waals surface area contributed by atoms with E-state index in [9.17, 15) is 0 Å². The highest BCUT2D eigenvalue weighted by Gasteiger charge is 2.28. The van der Waals surface area contributed by atoms with Gasteiger partial charge in [0.1, 0.15) is 5.82 Å². The van der Waals surface area contributed by atoms with Gasteiger partial charge in [0.05, 0.1) is 12.7 Å². The van der Waals surface area contributed by atoms with E-state index in [1.165, 1.54) is 0 Å². The molecule has 0 spiro atoms. The monoisotopic (exact) mass is 237 g/mol. The second kappa shape index (κ2) is 4.27. The Morgan fingerprint density at radius 3 is 3.06 bits per heavy atom. The van der Waals surface area contributed by atoms with E-state index in [2.05, 4.69) is 27.0 Å². The molecule has 1 aromatic rings. The molecule has 2 saturated heterocycles. The quantitative estimate of drug-likeness (QED) is 0.770. The highest BCUT2D eigenvalue weighted by Crippen LogP contribution is 2.28. The summed E-state index contributed by atoms with van der Waals surface area (Å²) in [5, 5.41) is 7.32. The maximum absolute atomic E-state index is 5.88. The van der Waals surface area contributed by atoms with Crippen molar-refractivity contribution in [2.24, 2.45) is 5.73 Å². The predicted octanol–water partition coefficient (Wildman–Crippen LogP) is 0.235. The molecular formula is C11H19N5O. The molecule has 17 heavy (non-hydrogen) atoms. The molecule has 2 fully saturated rings. The second-order valence-corrected chi connectivity index (χ2v) is 5.09. The Bertz CT molecular complexity index is 358. The van der Waals surface area contributed by atoms with E-state index >= 15 is 0 Å². The first kappa shape index (κ1) is 11.0. The predicted molar refractivity (Wildman–Crippen MR) is 64.0 cm³/mol. The lowest BCUT2D eigenvalue weighted by Gasteiger charge is -2.11. The van der Waals surface area contributed by atoms with Gasteiger partial charge >= 0.3 is 0 Å². The van der Waals surface area contributed by atoms with Crippen LogP contribution in [0.2, 0.25) is 0 Å². The molecule has 6 heteroatoms. The van der Waals surface area contributed by atoms with Crippen molar-refractivity contribution in [1.82, 2.24) is 15.2 Å². The molecule has 0 bridgehead atoms. The lowest BCUT2D eigenvalue weighted by Crippen LogP contribution is -2.27. The number of ether oxygens (including phenoxy) is 1. The number of nitrogens with zero attached hydrogens (tertiary/aromatic N) is 3. The molecule has 0 saturated carbocycles. The van der Waals surface area contributed by atoms with Crippen LogP contribution in [-0.4, -0.2) is 47.0 Å². The van der Waals surface area contributed by atoms with E-state index in [1.807, 2.05) is 0 Å². The van der Waals surface area contributed by atoms with E-state index in [1.54, 1.807) is 0 Å². The van der Waals surface area contributed by atoms with Crippen molar-refractivity contribution in [2.75, 3.05) is 24.6 Å². The standard InChI is InChI=1S/C11H19N5O/c1-7-4-8(6-17-7)10-13-11(15-14-10)16-3-2-9(12)5-16/h7-9H,2-6,12H2,1H3,(H,13,14,15). The van der Waals surface area contributed by atoms with Gasteiger partial charge in [-0.2, -0.15) is 4.98 Å². The Labute approximate surface area is 101 Å². The number of nitrogens with two attached hydrogens (primary N) is 1. The fourth-order valence-corrected chi connectivity index (χ4v) is 2.57. The third-order valence-corrected chi connectivity index (χ3v) is 3.58. The first-order valence-electron chi connectivity index (χ1n) is 6.27. The molecule has 1 aromatic heterocycles. The first-order valence-corrected chi connectivity index (χ1v) is 6.27. The topological polar surface area (TPSA) is 80.1 Å². The van der Waals surface area contributed by atoms with Gasteiger partial charge in [-0.1, -0.05) is 0 Å². The summed E-state index contributed by atoms with van der Waals surface area (Å²) in [5.74, 6) is 2.10. The molecule has 3 unspecified atom stereocenters. The maximum atomic E-state index is 5.88. The van der Waals surface area contributed by atoms with Crippen LogP contribution in [0, 0.1) is 0 Å². The van der Waals surface area contributed by atoms with Gasteiger partial charge in [0.15, 0.2) is 0 Å². The van der Waals surface area contributed by atoms with E-state index in [0.717, 1.165) is 44.3 Å². The molecule has 0 aromatic carbocycles. The smallest absolute Gasteiger partial charge is 0.244 e. The first-order chi connectivity index (χ1) is 8.22. The molecule has 0 amide bonds. The van der Waals surface area contributed by atoms with Gasteiger partial charge in [0, 0.05) is 25.0 Å². The van der Waals surface area contributed by atoms with Crippen LogP contribution in [0.5, 0.6) is 0 Å². The van der Waals surface area contributed by atoms with Crippen molar-refractivity contribution in [3.05, 3.63) is 5.82 Å². The minimum Gasteiger partial charge on any atom is -0.378 e. The van der Waals surface area contributed by atoms with Crippen LogP contribution in [-0.2, 0) is 4.74 Å². The molecular weight excluding hydrogens is 218 g/mol. The van der Waals surface area contributed by atoms with Crippen LogP contribution in [0.3, 0.4) is 0 Å². The summed E-state index contributed by atoms with van der Waals surface area (Å²) in [6.45, 7) is 4.65. The Balaban J connectivity index is 1.70. The minimum absolute atomic E-state index is 0.256. The average Bonchev–Trinajstić information content (AvgIpc) is 2.96. The Morgan fingerprint density at radius 2 is 2.41 bits per heavy atom. The van der Waals surface area contributed by atoms with Gasteiger partial charge in [-0.25, -0.2) is 0 Å². The van der Waals surface area contributed by atoms with Gasteiger partial charge in [-0.05, 0) is 19.8 Å². The number of anilines is 1. The normalized spacial score (nSPS) is 33.5. The van der Waals surface area contributed by atoms with Crippen molar-refractivity contribution >= 4 is 5.95 Å². The van der Waals surface area contributed by atoms with Gasteiger partial charge in [-0.3, -0.25) is 5.10 Å². The van der Waals surface area contributed by atoms with Crippen LogP contribution < -0.4 is 10.6 Å². The second-order valence-electron chi connectivity index (χ2n) is 5.09. The van der Waals surface area contributed by atoms with E-state index in [0.29, 0.717) is 12.0 Å². The van der Waals surface area contributed by atoms with E-state index in [4.69, 9.17) is 10.5 Å². The van der Waals surface area contributed by atoms with Crippen LogP contribution >= 0.6 is 0 Å². The van der Waals surface area contributed by atoms with Gasteiger partial charge in [0.2, 0.25) is 5.95 Å². The maximum Gasteiger partial charge on any atom is 0.244 e. The van der Waals surface area contributed by atoms with Crippen LogP contribution in [0.4, 0.5) is 5.95 Å². The summed E-state index contributed by atoms with van der Waals surface area (Å²) in [5.41, 5.74) is 5.88. The Hall–Kier alpha value is -1.14. The van der Waals surface area contributed by atoms with Crippen molar-refractivity contribution < 1.29 is 4.74 Å². The lowest BCUT2D eigenvalue weighted by molar-refractivity contribution is 0.123. The summed E-state index contributed by atoms with van der Waals surface area (Å²) in [4.78, 5) is 6.71. The number of H-pyrrole nitrogens is 1. The van der Waals surface area contributed by atoms with Crippen molar-refractivity contribution in [1.29, 1.82) is 0 Å². The van der Waals surface area contributed by atoms with Crippen molar-refractivity contribution in [3.63, 3.8) is 0 Å². The van der Waals surface area contributed by atoms with E-state index < -0.39 is 0 Å². The van der Waals surface area contributed by atoms with Crippen molar-refractivity contribution in [2.45, 2.75) is 37.8 Å². The summed E-state index contributed by atoms with van der Waals surface area (Å²) in [6.07, 6.45) is 2.37. The molecule has 0 radical (unpaired) electrons. The Morgan fingerprint density at radius 1 is 1.53 bits per heavy atom. The number of nitrogens with one attached hydrogen (secondary N) is 1. The molecule has 2 aliphatic rings. The SMILES string of the molecule is CC1CC(c2nc(N3CCC(N)C3)n[nH]2)CO1. The third-order valence-electron chi connectivity index (χ3n) is 3.58. The number of rotatable bonds is 2. The van der Waals surface area contributed by atoms with Gasteiger partial charge in [-0.15, -0.1) is 5.10 Å². The summed E-state index contributed by atoms with van der Waals surface area (Å²) in [6, 6.07) is 0.256. The highest BCUT2D eigenvalue weighted by molar-refractivity contribution is 5.31. The fraction of sp³-hybridized carbons (Fsp3) is 0.818. The highest BCUT2D eigenvalue weighted by atomic mass is 16.5. The molecule has 6 nitrogen and oxygen atoms in total. The number of aromatic amines is 1. The van der Waals surface area contributed by atoms with Gasteiger partial charge in [0.25, 0.3) is 0 Å². The third kappa shape index (κ3) is 2.14. The fourth-order valence-electron chi connectivity index (χ4n) is 2.57. The Kier molecular flexibility index (Phi) is 2.76. The summed E-state index contributed by atoms with van der Waals surface area (Å²) >= 11 is 0. The van der Waals surface area contributed by atoms with Gasteiger partial charge < -0.3 is 15.4 Å². The molecule has 3 rings (SSSR count).